The maximum atomic E-state index is 14.1. The number of ether oxygens (including phenoxy) is 1. The molecule has 0 unspecified atom stereocenters. The molecule has 5 aromatic rings. The predicted molar refractivity (Wildman–Crippen MR) is 172 cm³/mol. The van der Waals surface area contributed by atoms with Gasteiger partial charge in [-0.2, -0.15) is 5.10 Å². The molecule has 9 nitrogen and oxygen atoms in total. The van der Waals surface area contributed by atoms with Crippen molar-refractivity contribution in [2.75, 3.05) is 17.7 Å². The lowest BCUT2D eigenvalue weighted by molar-refractivity contribution is 0.262. The molecule has 0 bridgehead atoms. The lowest BCUT2D eigenvalue weighted by Gasteiger charge is -2.24. The summed E-state index contributed by atoms with van der Waals surface area (Å²) in [6, 6.07) is 18.7. The highest BCUT2D eigenvalue weighted by molar-refractivity contribution is 6.07. The summed E-state index contributed by atoms with van der Waals surface area (Å²) in [4.78, 5) is 32.5. The van der Waals surface area contributed by atoms with E-state index in [9.17, 15) is 9.59 Å². The molecule has 2 amide bonds. The summed E-state index contributed by atoms with van der Waals surface area (Å²) >= 11 is 0. The quantitative estimate of drug-likeness (QED) is 0.195. The van der Waals surface area contributed by atoms with Gasteiger partial charge in [0, 0.05) is 41.8 Å². The number of hydrogen-bond donors (Lipinski definition) is 2. The second kappa shape index (κ2) is 12.5. The van der Waals surface area contributed by atoms with Gasteiger partial charge in [-0.1, -0.05) is 58.4 Å². The van der Waals surface area contributed by atoms with E-state index in [-0.39, 0.29) is 16.7 Å². The first-order valence-electron chi connectivity index (χ1n) is 14.5. The molecular formula is C34H38N6O3. The van der Waals surface area contributed by atoms with Crippen LogP contribution in [0.25, 0.3) is 22.2 Å². The van der Waals surface area contributed by atoms with Crippen LogP contribution in [0, 0.1) is 0 Å². The van der Waals surface area contributed by atoms with Crippen molar-refractivity contribution in [2.45, 2.75) is 59.0 Å². The van der Waals surface area contributed by atoms with Crippen molar-refractivity contribution >= 4 is 28.4 Å². The predicted octanol–water partition coefficient (Wildman–Crippen LogP) is 7.06. The number of methoxy groups -OCH3 is 1. The van der Waals surface area contributed by atoms with Crippen LogP contribution in [0.3, 0.4) is 0 Å². The molecule has 0 fully saturated rings. The Hall–Kier alpha value is -4.92. The molecule has 0 aliphatic heterocycles. The van der Waals surface area contributed by atoms with Crippen LogP contribution in [0.15, 0.2) is 84.0 Å². The van der Waals surface area contributed by atoms with E-state index in [4.69, 9.17) is 4.74 Å². The first-order valence-corrected chi connectivity index (χ1v) is 14.5. The number of benzene rings is 2. The number of fused-ring (bicyclic) bond motifs is 1. The van der Waals surface area contributed by atoms with Gasteiger partial charge in [0.15, 0.2) is 0 Å². The Balaban J connectivity index is 1.60. The van der Waals surface area contributed by atoms with Gasteiger partial charge in [-0.15, -0.1) is 0 Å². The van der Waals surface area contributed by atoms with E-state index >= 15 is 0 Å². The minimum absolute atomic E-state index is 0.187. The molecule has 0 aliphatic carbocycles. The highest BCUT2D eigenvalue weighted by Crippen LogP contribution is 2.35. The monoisotopic (exact) mass is 578 g/mol. The maximum absolute atomic E-state index is 14.1. The van der Waals surface area contributed by atoms with E-state index in [0.717, 1.165) is 34.9 Å². The third kappa shape index (κ3) is 6.45. The average Bonchev–Trinajstić information content (AvgIpc) is 3.50. The van der Waals surface area contributed by atoms with E-state index in [1.807, 2.05) is 65.5 Å². The second-order valence-corrected chi connectivity index (χ2v) is 11.6. The normalized spacial score (nSPS) is 11.5. The van der Waals surface area contributed by atoms with Crippen molar-refractivity contribution in [3.05, 3.63) is 101 Å². The molecule has 0 radical (unpaired) electrons. The fourth-order valence-electron chi connectivity index (χ4n) is 5.29. The molecular weight excluding hydrogens is 540 g/mol. The molecule has 0 saturated heterocycles. The molecule has 0 saturated carbocycles. The lowest BCUT2D eigenvalue weighted by Crippen LogP contribution is -2.30. The van der Waals surface area contributed by atoms with Crippen LogP contribution >= 0.6 is 0 Å². The highest BCUT2D eigenvalue weighted by atomic mass is 16.5. The zero-order valence-corrected chi connectivity index (χ0v) is 25.3. The molecule has 43 heavy (non-hydrogen) atoms. The summed E-state index contributed by atoms with van der Waals surface area (Å²) in [5.74, 6) is 0.643. The molecule has 2 N–H and O–H groups in total. The van der Waals surface area contributed by atoms with Crippen LogP contribution in [0.5, 0.6) is 5.75 Å². The third-order valence-corrected chi connectivity index (χ3v) is 7.40. The largest absolute Gasteiger partial charge is 0.497 e. The maximum Gasteiger partial charge on any atom is 0.323 e. The highest BCUT2D eigenvalue weighted by Gasteiger charge is 2.23. The summed E-state index contributed by atoms with van der Waals surface area (Å²) in [6.07, 6.45) is 7.03. The van der Waals surface area contributed by atoms with Crippen LogP contribution in [-0.4, -0.2) is 32.5 Å². The van der Waals surface area contributed by atoms with Crippen molar-refractivity contribution in [1.29, 1.82) is 0 Å². The number of aromatic nitrogens is 4. The first kappa shape index (κ1) is 29.6. The number of nitrogens with zero attached hydrogens (tertiary/aromatic N) is 4. The number of hydrogen-bond acceptors (Lipinski definition) is 5. The molecule has 3 aromatic heterocycles. The SMILES string of the molecule is CCCCn1c(=O)c(NC(=O)Nc2cc(Cn3cccn3)ccc2C(C)(C)C)c(-c2cccc(OC)c2)c2cccnc21. The van der Waals surface area contributed by atoms with E-state index in [1.54, 1.807) is 24.1 Å². The molecule has 0 atom stereocenters. The molecule has 0 aliphatic rings. The summed E-state index contributed by atoms with van der Waals surface area (Å²) in [5.41, 5.74) is 4.19. The fourth-order valence-corrected chi connectivity index (χ4v) is 5.29. The Morgan fingerprint density at radius 1 is 1.00 bits per heavy atom. The Morgan fingerprint density at radius 2 is 1.84 bits per heavy atom. The van der Waals surface area contributed by atoms with Gasteiger partial charge in [0.1, 0.15) is 17.1 Å². The molecule has 5 rings (SSSR count). The fraction of sp³-hybridized carbons (Fsp3) is 0.294. The van der Waals surface area contributed by atoms with Gasteiger partial charge in [0.2, 0.25) is 0 Å². The number of anilines is 2. The van der Waals surface area contributed by atoms with E-state index in [1.165, 1.54) is 0 Å². The van der Waals surface area contributed by atoms with Crippen molar-refractivity contribution in [1.82, 2.24) is 19.3 Å². The van der Waals surface area contributed by atoms with Gasteiger partial charge in [0.25, 0.3) is 5.56 Å². The van der Waals surface area contributed by atoms with Gasteiger partial charge >= 0.3 is 6.03 Å². The van der Waals surface area contributed by atoms with E-state index in [0.29, 0.717) is 35.7 Å². The van der Waals surface area contributed by atoms with Gasteiger partial charge in [-0.3, -0.25) is 14.0 Å². The third-order valence-electron chi connectivity index (χ3n) is 7.40. The van der Waals surface area contributed by atoms with Gasteiger partial charge < -0.3 is 15.4 Å². The van der Waals surface area contributed by atoms with Crippen molar-refractivity contribution < 1.29 is 9.53 Å². The summed E-state index contributed by atoms with van der Waals surface area (Å²) < 4.78 is 8.97. The molecule has 9 heteroatoms. The van der Waals surface area contributed by atoms with Gasteiger partial charge in [0.05, 0.1) is 13.7 Å². The summed E-state index contributed by atoms with van der Waals surface area (Å²) in [6.45, 7) is 9.42. The number of carbonyl (C=O) groups is 1. The van der Waals surface area contributed by atoms with Crippen LogP contribution in [-0.2, 0) is 18.5 Å². The second-order valence-electron chi connectivity index (χ2n) is 11.6. The van der Waals surface area contributed by atoms with Crippen molar-refractivity contribution in [3.8, 4) is 16.9 Å². The van der Waals surface area contributed by atoms with Crippen LogP contribution in [0.1, 0.15) is 51.7 Å². The number of aryl methyl sites for hydroxylation is 1. The van der Waals surface area contributed by atoms with Crippen LogP contribution < -0.4 is 20.9 Å². The number of amides is 2. The van der Waals surface area contributed by atoms with E-state index < -0.39 is 6.03 Å². The lowest BCUT2D eigenvalue weighted by atomic mass is 9.85. The number of urea groups is 1. The minimum Gasteiger partial charge on any atom is -0.497 e. The standard InChI is InChI=1S/C34H38N6O3/c1-6-7-19-40-31-26(13-9-16-35-31)29(24-11-8-12-25(21-24)43-5)30(32(40)41)38-33(42)37-28-20-23(22-39-18-10-17-36-39)14-15-27(28)34(2,3)4/h8-18,20-21H,6-7,19,22H2,1-5H3,(H2,37,38,42). The summed E-state index contributed by atoms with van der Waals surface area (Å²) in [7, 11) is 1.60. The van der Waals surface area contributed by atoms with Crippen molar-refractivity contribution in [3.63, 3.8) is 0 Å². The van der Waals surface area contributed by atoms with Gasteiger partial charge in [-0.25, -0.2) is 9.78 Å². The smallest absolute Gasteiger partial charge is 0.323 e. The van der Waals surface area contributed by atoms with E-state index in [2.05, 4.69) is 54.5 Å². The molecule has 2 aromatic carbocycles. The summed E-state index contributed by atoms with van der Waals surface area (Å²) in [5, 5.41) is 11.1. The Morgan fingerprint density at radius 3 is 2.56 bits per heavy atom. The van der Waals surface area contributed by atoms with Crippen molar-refractivity contribution in [2.24, 2.45) is 0 Å². The Bertz CT molecular complexity index is 1800. The average molecular weight is 579 g/mol. The Kier molecular flexibility index (Phi) is 8.61. The number of rotatable bonds is 9. The number of unbranched alkanes of at least 4 members (excludes halogenated alkanes) is 1. The topological polar surface area (TPSA) is 103 Å². The zero-order chi connectivity index (χ0) is 30.6. The van der Waals surface area contributed by atoms with Gasteiger partial charge in [-0.05, 0) is 64.9 Å². The minimum atomic E-state index is -0.506. The Labute approximate surface area is 251 Å². The molecule has 3 heterocycles. The first-order chi connectivity index (χ1) is 20.7. The van der Waals surface area contributed by atoms with Crippen LogP contribution in [0.2, 0.25) is 0 Å². The molecule has 0 spiro atoms. The number of carbonyl (C=O) groups excluding carboxylic acids is 1. The zero-order valence-electron chi connectivity index (χ0n) is 25.3. The number of nitrogens with one attached hydrogen (secondary N) is 2. The number of pyridine rings is 2. The van der Waals surface area contributed by atoms with Crippen LogP contribution in [0.4, 0.5) is 16.2 Å². The molecule has 222 valence electrons.